The average Bonchev–Trinajstić information content (AvgIpc) is 2.35. The smallest absolute Gasteiger partial charge is 0.262 e. The fraction of sp³-hybridized carbons (Fsp3) is 0. The molecule has 98 valence electrons. The summed E-state index contributed by atoms with van der Waals surface area (Å²) in [4.78, 5) is 12.0. The van der Waals surface area contributed by atoms with Crippen LogP contribution in [0.3, 0.4) is 0 Å². The Morgan fingerprint density at radius 1 is 0.947 bits per heavy atom. The second-order valence-corrected chi connectivity index (χ2v) is 3.96. The van der Waals surface area contributed by atoms with Crippen LogP contribution < -0.4 is 4.90 Å². The summed E-state index contributed by atoms with van der Waals surface area (Å²) in [5.41, 5.74) is -0.542. The highest BCUT2D eigenvalue weighted by molar-refractivity contribution is 6.66. The normalized spacial score (nSPS) is 10.3. The van der Waals surface area contributed by atoms with Crippen molar-refractivity contribution >= 4 is 28.3 Å². The Kier molecular flexibility index (Phi) is 3.76. The Morgan fingerprint density at radius 3 is 1.95 bits per heavy atom. The molecule has 0 N–H and O–H groups in total. The molecule has 19 heavy (non-hydrogen) atoms. The van der Waals surface area contributed by atoms with Crippen molar-refractivity contribution in [2.75, 3.05) is 4.90 Å². The van der Waals surface area contributed by atoms with Gasteiger partial charge in [0, 0.05) is 0 Å². The van der Waals surface area contributed by atoms with Gasteiger partial charge in [-0.3, -0.25) is 9.69 Å². The highest BCUT2D eigenvalue weighted by Crippen LogP contribution is 2.31. The summed E-state index contributed by atoms with van der Waals surface area (Å²) in [6.07, 6.45) is 0. The maximum atomic E-state index is 13.7. The third-order valence-corrected chi connectivity index (χ3v) is 2.59. The largest absolute Gasteiger partial charge is 0.325 e. The van der Waals surface area contributed by atoms with Gasteiger partial charge in [-0.05, 0) is 48.0 Å². The minimum Gasteiger partial charge on any atom is -0.262 e. The summed E-state index contributed by atoms with van der Waals surface area (Å²) in [6.45, 7) is 0. The van der Waals surface area contributed by atoms with Crippen molar-refractivity contribution < 1.29 is 18.0 Å². The summed E-state index contributed by atoms with van der Waals surface area (Å²) < 4.78 is 40.1. The molecule has 2 aromatic carbocycles. The monoisotopic (exact) mass is 285 g/mol. The van der Waals surface area contributed by atoms with Crippen molar-refractivity contribution in [2.24, 2.45) is 0 Å². The van der Waals surface area contributed by atoms with E-state index in [1.54, 1.807) is 0 Å². The summed E-state index contributed by atoms with van der Waals surface area (Å²) >= 11 is 5.36. The zero-order valence-electron chi connectivity index (χ0n) is 9.41. The Hall–Kier alpha value is -2.01. The van der Waals surface area contributed by atoms with Gasteiger partial charge in [0.2, 0.25) is 0 Å². The van der Waals surface area contributed by atoms with Gasteiger partial charge in [-0.15, -0.1) is 0 Å². The number of rotatable bonds is 2. The van der Waals surface area contributed by atoms with Crippen molar-refractivity contribution in [3.63, 3.8) is 0 Å². The number of halogens is 4. The molecular weight excluding hydrogens is 279 g/mol. The van der Waals surface area contributed by atoms with E-state index >= 15 is 0 Å². The summed E-state index contributed by atoms with van der Waals surface area (Å²) in [6, 6.07) is 7.66. The van der Waals surface area contributed by atoms with E-state index in [4.69, 9.17) is 11.6 Å². The van der Waals surface area contributed by atoms with Crippen molar-refractivity contribution in [3.8, 4) is 0 Å². The molecule has 0 atom stereocenters. The average molecular weight is 286 g/mol. The first kappa shape index (κ1) is 13.4. The van der Waals surface area contributed by atoms with Gasteiger partial charge in [-0.2, -0.15) is 0 Å². The van der Waals surface area contributed by atoms with Gasteiger partial charge in [0.15, 0.2) is 0 Å². The summed E-state index contributed by atoms with van der Waals surface area (Å²) in [7, 11) is 0. The van der Waals surface area contributed by atoms with E-state index in [0.717, 1.165) is 30.3 Å². The van der Waals surface area contributed by atoms with Gasteiger partial charge in [0.25, 0.3) is 0 Å². The maximum absolute atomic E-state index is 13.7. The molecule has 0 aromatic heterocycles. The molecule has 0 saturated carbocycles. The highest BCUT2D eigenvalue weighted by Gasteiger charge is 2.23. The van der Waals surface area contributed by atoms with Gasteiger partial charge >= 0.3 is 5.37 Å². The van der Waals surface area contributed by atoms with Crippen LogP contribution in [0.1, 0.15) is 0 Å². The summed E-state index contributed by atoms with van der Waals surface area (Å²) in [5.74, 6) is -2.43. The molecule has 0 aliphatic carbocycles. The topological polar surface area (TPSA) is 20.3 Å². The number of anilines is 2. The second-order valence-electron chi connectivity index (χ2n) is 3.64. The van der Waals surface area contributed by atoms with Crippen molar-refractivity contribution in [2.45, 2.75) is 0 Å². The molecule has 2 aromatic rings. The molecule has 0 spiro atoms. The number of nitrogens with zero attached hydrogens (tertiary/aromatic N) is 1. The Morgan fingerprint density at radius 2 is 1.47 bits per heavy atom. The Labute approximate surface area is 112 Å². The third-order valence-electron chi connectivity index (χ3n) is 2.42. The Bertz CT molecular complexity index is 596. The van der Waals surface area contributed by atoms with Gasteiger partial charge < -0.3 is 0 Å². The molecule has 0 bridgehead atoms. The van der Waals surface area contributed by atoms with Crippen LogP contribution in [-0.2, 0) is 0 Å². The van der Waals surface area contributed by atoms with Crippen LogP contribution in [-0.4, -0.2) is 5.37 Å². The van der Waals surface area contributed by atoms with Crippen molar-refractivity contribution in [3.05, 3.63) is 59.9 Å². The van der Waals surface area contributed by atoms with Gasteiger partial charge in [0.05, 0.1) is 5.69 Å². The highest BCUT2D eigenvalue weighted by atomic mass is 35.5. The first-order valence-electron chi connectivity index (χ1n) is 5.20. The Balaban J connectivity index is 2.58. The number of para-hydroxylation sites is 1. The standard InChI is InChI=1S/C13H7ClF3NO/c14-13(19)18(9-6-4-8(15)5-7-9)12-10(16)2-1-3-11(12)17/h1-7H. The predicted molar refractivity (Wildman–Crippen MR) is 66.1 cm³/mol. The molecule has 2 nitrogen and oxygen atoms in total. The molecule has 6 heteroatoms. The number of carbonyl (C=O) groups excluding carboxylic acids is 1. The van der Waals surface area contributed by atoms with E-state index in [2.05, 4.69) is 0 Å². The molecule has 0 fully saturated rings. The van der Waals surface area contributed by atoms with Crippen LogP contribution in [0.2, 0.25) is 0 Å². The van der Waals surface area contributed by atoms with E-state index in [-0.39, 0.29) is 5.69 Å². The molecular formula is C13H7ClF3NO. The lowest BCUT2D eigenvalue weighted by atomic mass is 10.2. The zero-order valence-corrected chi connectivity index (χ0v) is 10.2. The van der Waals surface area contributed by atoms with Crippen LogP contribution in [0.5, 0.6) is 0 Å². The lowest BCUT2D eigenvalue weighted by Crippen LogP contribution is -2.22. The first-order valence-corrected chi connectivity index (χ1v) is 5.57. The fourth-order valence-electron chi connectivity index (χ4n) is 1.61. The van der Waals surface area contributed by atoms with Crippen LogP contribution in [0.15, 0.2) is 42.5 Å². The SMILES string of the molecule is O=C(Cl)N(c1ccc(F)cc1)c1c(F)cccc1F. The first-order chi connectivity index (χ1) is 9.00. The van der Waals surface area contributed by atoms with Crippen molar-refractivity contribution in [1.29, 1.82) is 0 Å². The van der Waals surface area contributed by atoms with E-state index in [1.807, 2.05) is 0 Å². The molecule has 1 amide bonds. The molecule has 0 heterocycles. The summed E-state index contributed by atoms with van der Waals surface area (Å²) in [5, 5.41) is -1.10. The number of amides is 1. The van der Waals surface area contributed by atoms with Crippen LogP contribution >= 0.6 is 11.6 Å². The van der Waals surface area contributed by atoms with Crippen molar-refractivity contribution in [1.82, 2.24) is 0 Å². The second kappa shape index (κ2) is 5.32. The lowest BCUT2D eigenvalue weighted by Gasteiger charge is -2.20. The van der Waals surface area contributed by atoms with Crippen LogP contribution in [0.4, 0.5) is 29.3 Å². The van der Waals surface area contributed by atoms with E-state index in [0.29, 0.717) is 4.90 Å². The third kappa shape index (κ3) is 2.71. The van der Waals surface area contributed by atoms with Gasteiger partial charge in [0.1, 0.15) is 23.1 Å². The maximum Gasteiger partial charge on any atom is 0.325 e. The fourth-order valence-corrected chi connectivity index (χ4v) is 1.79. The van der Waals surface area contributed by atoms with Gasteiger partial charge in [-0.25, -0.2) is 13.2 Å². The lowest BCUT2D eigenvalue weighted by molar-refractivity contribution is 0.265. The van der Waals surface area contributed by atoms with Crippen LogP contribution in [0.25, 0.3) is 0 Å². The number of carbonyl (C=O) groups is 1. The zero-order chi connectivity index (χ0) is 14.0. The van der Waals surface area contributed by atoms with E-state index in [1.165, 1.54) is 12.1 Å². The minimum absolute atomic E-state index is 0.0606. The predicted octanol–water partition coefficient (Wildman–Crippen LogP) is 4.60. The molecule has 0 radical (unpaired) electrons. The molecule has 0 unspecified atom stereocenters. The molecule has 0 aliphatic heterocycles. The molecule has 0 aliphatic rings. The van der Waals surface area contributed by atoms with Gasteiger partial charge in [-0.1, -0.05) is 6.07 Å². The number of benzene rings is 2. The van der Waals surface area contributed by atoms with Crippen LogP contribution in [0, 0.1) is 17.5 Å². The molecule has 0 saturated heterocycles. The minimum atomic E-state index is -1.10. The number of hydrogen-bond donors (Lipinski definition) is 0. The van der Waals surface area contributed by atoms with E-state index in [9.17, 15) is 18.0 Å². The quantitative estimate of drug-likeness (QED) is 0.583. The molecule has 2 rings (SSSR count). The number of hydrogen-bond acceptors (Lipinski definition) is 1. The van der Waals surface area contributed by atoms with E-state index < -0.39 is 28.5 Å².